The molecule has 90 valence electrons. The molecule has 2 nitrogen and oxygen atoms in total. The van der Waals surface area contributed by atoms with Crippen LogP contribution in [0.15, 0.2) is 12.2 Å². The van der Waals surface area contributed by atoms with Crippen LogP contribution in [0.2, 0.25) is 0 Å². The van der Waals surface area contributed by atoms with E-state index in [-0.39, 0.29) is 5.92 Å². The molecule has 0 bridgehead atoms. The molecule has 0 aromatic heterocycles. The van der Waals surface area contributed by atoms with E-state index in [4.69, 9.17) is 0 Å². The van der Waals surface area contributed by atoms with Gasteiger partial charge in [0.05, 0.1) is 0 Å². The van der Waals surface area contributed by atoms with Crippen molar-refractivity contribution in [2.45, 2.75) is 39.0 Å². The van der Waals surface area contributed by atoms with Crippen molar-refractivity contribution < 1.29 is 4.79 Å². The summed E-state index contributed by atoms with van der Waals surface area (Å²) in [5, 5.41) is 0. The molecule has 1 heterocycles. The standard InChI is InChI=1S/C14H23NO/c1-12-10-15(9-8-14(12)16)11-13-6-4-2-3-5-7-13/h2-3,12-13H,4-11H2,1H3. The fourth-order valence-electron chi connectivity index (χ4n) is 2.85. The lowest BCUT2D eigenvalue weighted by molar-refractivity contribution is -0.125. The molecule has 16 heavy (non-hydrogen) atoms. The van der Waals surface area contributed by atoms with Gasteiger partial charge in [0, 0.05) is 32.0 Å². The number of nitrogens with zero attached hydrogens (tertiary/aromatic N) is 1. The van der Waals surface area contributed by atoms with Crippen LogP contribution in [-0.2, 0) is 4.79 Å². The van der Waals surface area contributed by atoms with E-state index in [0.29, 0.717) is 5.78 Å². The van der Waals surface area contributed by atoms with Crippen LogP contribution in [-0.4, -0.2) is 30.3 Å². The maximum absolute atomic E-state index is 11.5. The number of Topliss-reactive ketones (excluding diaryl/α,β-unsaturated/α-hetero) is 1. The first-order chi connectivity index (χ1) is 7.75. The molecule has 0 amide bonds. The summed E-state index contributed by atoms with van der Waals surface area (Å²) in [5.74, 6) is 1.56. The number of piperidine rings is 1. The molecule has 0 aromatic carbocycles. The van der Waals surface area contributed by atoms with Gasteiger partial charge < -0.3 is 4.90 Å². The maximum atomic E-state index is 11.5. The number of rotatable bonds is 2. The summed E-state index contributed by atoms with van der Waals surface area (Å²) < 4.78 is 0. The number of hydrogen-bond donors (Lipinski definition) is 0. The molecule has 1 fully saturated rings. The lowest BCUT2D eigenvalue weighted by Crippen LogP contribution is -2.41. The molecule has 0 saturated carbocycles. The molecule has 2 heteroatoms. The average molecular weight is 221 g/mol. The molecule has 1 aliphatic carbocycles. The van der Waals surface area contributed by atoms with Gasteiger partial charge in [-0.1, -0.05) is 19.1 Å². The van der Waals surface area contributed by atoms with Crippen LogP contribution in [0.3, 0.4) is 0 Å². The minimum absolute atomic E-state index is 0.262. The fourth-order valence-corrected chi connectivity index (χ4v) is 2.85. The van der Waals surface area contributed by atoms with Crippen LogP contribution >= 0.6 is 0 Å². The van der Waals surface area contributed by atoms with E-state index in [1.807, 2.05) is 0 Å². The summed E-state index contributed by atoms with van der Waals surface area (Å²) in [6.45, 7) is 5.26. The summed E-state index contributed by atoms with van der Waals surface area (Å²) in [4.78, 5) is 14.0. The first-order valence-electron chi connectivity index (χ1n) is 6.66. The van der Waals surface area contributed by atoms with E-state index in [1.54, 1.807) is 0 Å². The summed E-state index contributed by atoms with van der Waals surface area (Å²) in [7, 11) is 0. The second kappa shape index (κ2) is 5.62. The van der Waals surface area contributed by atoms with Crippen molar-refractivity contribution in [3.8, 4) is 0 Å². The lowest BCUT2D eigenvalue weighted by Gasteiger charge is -2.32. The van der Waals surface area contributed by atoms with Gasteiger partial charge in [-0.2, -0.15) is 0 Å². The molecule has 1 aliphatic heterocycles. The molecule has 0 radical (unpaired) electrons. The van der Waals surface area contributed by atoms with E-state index in [1.165, 1.54) is 32.2 Å². The second-order valence-corrected chi connectivity index (χ2v) is 5.37. The van der Waals surface area contributed by atoms with Crippen LogP contribution in [0, 0.1) is 11.8 Å². The smallest absolute Gasteiger partial charge is 0.138 e. The average Bonchev–Trinajstić information content (AvgIpc) is 2.52. The molecule has 1 atom stereocenters. The van der Waals surface area contributed by atoms with Gasteiger partial charge in [-0.25, -0.2) is 0 Å². The highest BCUT2D eigenvalue weighted by atomic mass is 16.1. The van der Waals surface area contributed by atoms with Crippen molar-refractivity contribution in [1.82, 2.24) is 4.90 Å². The summed E-state index contributed by atoms with van der Waals surface area (Å²) in [5.41, 5.74) is 0. The monoisotopic (exact) mass is 221 g/mol. The van der Waals surface area contributed by atoms with Crippen molar-refractivity contribution in [2.24, 2.45) is 11.8 Å². The third-order valence-corrected chi connectivity index (χ3v) is 3.92. The van der Waals surface area contributed by atoms with E-state index >= 15 is 0 Å². The molecule has 0 N–H and O–H groups in total. The number of ketones is 1. The first-order valence-corrected chi connectivity index (χ1v) is 6.66. The Kier molecular flexibility index (Phi) is 4.16. The van der Waals surface area contributed by atoms with Crippen molar-refractivity contribution >= 4 is 5.78 Å². The second-order valence-electron chi connectivity index (χ2n) is 5.37. The molecule has 0 spiro atoms. The molecule has 0 aromatic rings. The van der Waals surface area contributed by atoms with Gasteiger partial charge in [0.25, 0.3) is 0 Å². The zero-order valence-corrected chi connectivity index (χ0v) is 10.3. The van der Waals surface area contributed by atoms with E-state index in [0.717, 1.165) is 25.4 Å². The van der Waals surface area contributed by atoms with Crippen LogP contribution in [0.1, 0.15) is 39.0 Å². The van der Waals surface area contributed by atoms with Crippen molar-refractivity contribution in [1.29, 1.82) is 0 Å². The molecule has 1 saturated heterocycles. The van der Waals surface area contributed by atoms with Crippen molar-refractivity contribution in [3.63, 3.8) is 0 Å². The predicted molar refractivity (Wildman–Crippen MR) is 66.3 cm³/mol. The molecular weight excluding hydrogens is 198 g/mol. The van der Waals surface area contributed by atoms with Gasteiger partial charge in [-0.15, -0.1) is 0 Å². The Labute approximate surface area is 98.7 Å². The van der Waals surface area contributed by atoms with Gasteiger partial charge in [0.15, 0.2) is 0 Å². The van der Waals surface area contributed by atoms with Gasteiger partial charge in [0.2, 0.25) is 0 Å². The zero-order valence-electron chi connectivity index (χ0n) is 10.3. The van der Waals surface area contributed by atoms with Gasteiger partial charge in [-0.05, 0) is 31.6 Å². The van der Waals surface area contributed by atoms with E-state index < -0.39 is 0 Å². The normalized spacial score (nSPS) is 29.3. The minimum atomic E-state index is 0.262. The Morgan fingerprint density at radius 2 is 2.00 bits per heavy atom. The lowest BCUT2D eigenvalue weighted by atomic mass is 9.94. The van der Waals surface area contributed by atoms with Gasteiger partial charge in [-0.3, -0.25) is 4.79 Å². The van der Waals surface area contributed by atoms with Crippen LogP contribution in [0.4, 0.5) is 0 Å². The highest BCUT2D eigenvalue weighted by molar-refractivity contribution is 5.81. The summed E-state index contributed by atoms with van der Waals surface area (Å²) in [6, 6.07) is 0. The first kappa shape index (κ1) is 11.8. The number of likely N-dealkylation sites (tertiary alicyclic amines) is 1. The largest absolute Gasteiger partial charge is 0.302 e. The predicted octanol–water partition coefficient (Wildman–Crippen LogP) is 2.64. The molecule has 2 rings (SSSR count). The summed E-state index contributed by atoms with van der Waals surface area (Å²) >= 11 is 0. The zero-order chi connectivity index (χ0) is 11.4. The molecule has 1 unspecified atom stereocenters. The van der Waals surface area contributed by atoms with E-state index in [2.05, 4.69) is 24.0 Å². The Bertz CT molecular complexity index is 262. The Morgan fingerprint density at radius 1 is 1.31 bits per heavy atom. The quantitative estimate of drug-likeness (QED) is 0.668. The third kappa shape index (κ3) is 3.18. The van der Waals surface area contributed by atoms with Crippen molar-refractivity contribution in [3.05, 3.63) is 12.2 Å². The van der Waals surface area contributed by atoms with Gasteiger partial charge in [0.1, 0.15) is 5.78 Å². The van der Waals surface area contributed by atoms with Crippen LogP contribution in [0.5, 0.6) is 0 Å². The molecule has 2 aliphatic rings. The SMILES string of the molecule is CC1CN(CC2CCC=CCC2)CCC1=O. The number of allylic oxidation sites excluding steroid dienone is 2. The highest BCUT2D eigenvalue weighted by Gasteiger charge is 2.25. The Morgan fingerprint density at radius 3 is 2.62 bits per heavy atom. The Balaban J connectivity index is 1.78. The van der Waals surface area contributed by atoms with Crippen LogP contribution in [0.25, 0.3) is 0 Å². The van der Waals surface area contributed by atoms with Crippen LogP contribution < -0.4 is 0 Å². The maximum Gasteiger partial charge on any atom is 0.138 e. The Hall–Kier alpha value is -0.630. The summed E-state index contributed by atoms with van der Waals surface area (Å²) in [6.07, 6.45) is 10.6. The number of carbonyl (C=O) groups excluding carboxylic acids is 1. The third-order valence-electron chi connectivity index (χ3n) is 3.92. The highest BCUT2D eigenvalue weighted by Crippen LogP contribution is 2.22. The van der Waals surface area contributed by atoms with Crippen molar-refractivity contribution in [2.75, 3.05) is 19.6 Å². The van der Waals surface area contributed by atoms with E-state index in [9.17, 15) is 4.79 Å². The minimum Gasteiger partial charge on any atom is -0.302 e. The number of carbonyl (C=O) groups is 1. The van der Waals surface area contributed by atoms with Gasteiger partial charge >= 0.3 is 0 Å². The topological polar surface area (TPSA) is 20.3 Å². The number of hydrogen-bond acceptors (Lipinski definition) is 2. The molecular formula is C14H23NO. The fraction of sp³-hybridized carbons (Fsp3) is 0.786.